The van der Waals surface area contributed by atoms with Crippen LogP contribution in [-0.2, 0) is 9.47 Å². The molecule has 24 heavy (non-hydrogen) atoms. The second-order valence-electron chi connectivity index (χ2n) is 8.10. The molecule has 0 fully saturated rings. The van der Waals surface area contributed by atoms with Gasteiger partial charge in [-0.25, -0.2) is 0 Å². The van der Waals surface area contributed by atoms with Crippen LogP contribution in [0.25, 0.3) is 0 Å². The molecule has 0 saturated carbocycles. The predicted octanol–water partition coefficient (Wildman–Crippen LogP) is 4.91. The zero-order valence-corrected chi connectivity index (χ0v) is 18.9. The van der Waals surface area contributed by atoms with Gasteiger partial charge in [0.25, 0.3) is 0 Å². The molecular weight excluding hydrogens is 311 g/mol. The fraction of sp³-hybridized carbons (Fsp3) is 0.700. The Kier molecular flexibility index (Phi) is 10.8. The van der Waals surface area contributed by atoms with Crippen molar-refractivity contribution in [1.82, 2.24) is 0 Å². The van der Waals surface area contributed by atoms with E-state index in [1.54, 1.807) is 0 Å². The third-order valence-electron chi connectivity index (χ3n) is 3.93. The summed E-state index contributed by atoms with van der Waals surface area (Å²) in [5.74, 6) is 0.865. The van der Waals surface area contributed by atoms with E-state index < -0.39 is 0 Å². The van der Waals surface area contributed by atoms with E-state index in [9.17, 15) is 0 Å². The fourth-order valence-corrected chi connectivity index (χ4v) is 2.91. The van der Waals surface area contributed by atoms with Gasteiger partial charge in [-0.2, -0.15) is 0 Å². The summed E-state index contributed by atoms with van der Waals surface area (Å²) in [5.41, 5.74) is 0.394. The van der Waals surface area contributed by atoms with E-state index in [0.717, 1.165) is 12.2 Å². The van der Waals surface area contributed by atoms with Gasteiger partial charge in [0.2, 0.25) is 0 Å². The van der Waals surface area contributed by atoms with Gasteiger partial charge >= 0.3 is 0 Å². The molecule has 0 aliphatic heterocycles. The number of hydrogen-bond donors (Lipinski definition) is 0. The first-order valence-corrected chi connectivity index (χ1v) is 8.55. The van der Waals surface area contributed by atoms with E-state index in [1.165, 1.54) is 0 Å². The average molecular weight is 345 g/mol. The van der Waals surface area contributed by atoms with E-state index in [4.69, 9.17) is 14.2 Å². The van der Waals surface area contributed by atoms with Crippen molar-refractivity contribution >= 4 is 29.6 Å². The SMILES string of the molecule is CC(OCCOc1ccccc1)OC(C)C(C)(C)CC(C)(C)C.[Na]. The number of hydrogen-bond acceptors (Lipinski definition) is 3. The van der Waals surface area contributed by atoms with Crippen molar-refractivity contribution in [3.05, 3.63) is 30.3 Å². The molecule has 0 aromatic heterocycles. The van der Waals surface area contributed by atoms with Crippen LogP contribution in [0, 0.1) is 10.8 Å². The van der Waals surface area contributed by atoms with Gasteiger partial charge in [-0.1, -0.05) is 52.8 Å². The molecule has 1 aromatic rings. The second kappa shape index (κ2) is 10.8. The zero-order valence-electron chi connectivity index (χ0n) is 16.9. The molecule has 1 aromatic carbocycles. The molecule has 133 valence electrons. The third kappa shape index (κ3) is 10.0. The summed E-state index contributed by atoms with van der Waals surface area (Å²) in [5, 5.41) is 0. The van der Waals surface area contributed by atoms with Crippen LogP contribution in [0.5, 0.6) is 5.75 Å². The zero-order chi connectivity index (χ0) is 17.5. The number of para-hydroxylation sites is 1. The molecule has 0 bridgehead atoms. The molecule has 2 unspecified atom stereocenters. The van der Waals surface area contributed by atoms with E-state index in [0.29, 0.717) is 13.2 Å². The minimum atomic E-state index is -0.233. The minimum Gasteiger partial charge on any atom is -0.491 e. The topological polar surface area (TPSA) is 27.7 Å². The Labute approximate surface area is 170 Å². The summed E-state index contributed by atoms with van der Waals surface area (Å²) < 4.78 is 17.4. The molecule has 0 aliphatic rings. The van der Waals surface area contributed by atoms with Gasteiger partial charge < -0.3 is 14.2 Å². The number of benzene rings is 1. The Morgan fingerprint density at radius 1 is 0.917 bits per heavy atom. The number of rotatable bonds is 9. The Hall–Kier alpha value is -0.0600. The summed E-state index contributed by atoms with van der Waals surface area (Å²) in [6, 6.07) is 9.77. The van der Waals surface area contributed by atoms with Gasteiger partial charge in [-0.15, -0.1) is 0 Å². The van der Waals surface area contributed by atoms with Crippen LogP contribution in [0.2, 0.25) is 0 Å². The van der Waals surface area contributed by atoms with Crippen LogP contribution in [0.3, 0.4) is 0 Å². The maximum absolute atomic E-state index is 6.04. The first kappa shape index (κ1) is 23.9. The molecule has 0 heterocycles. The Bertz CT molecular complexity index is 440. The van der Waals surface area contributed by atoms with Crippen LogP contribution in [0.1, 0.15) is 54.9 Å². The number of ether oxygens (including phenoxy) is 3. The van der Waals surface area contributed by atoms with Gasteiger partial charge in [0.1, 0.15) is 12.4 Å². The summed E-state index contributed by atoms with van der Waals surface area (Å²) in [6.07, 6.45) is 1.00. The van der Waals surface area contributed by atoms with Crippen molar-refractivity contribution < 1.29 is 14.2 Å². The van der Waals surface area contributed by atoms with Gasteiger partial charge in [-0.3, -0.25) is 0 Å². The summed E-state index contributed by atoms with van der Waals surface area (Å²) in [7, 11) is 0. The van der Waals surface area contributed by atoms with Crippen molar-refractivity contribution in [2.45, 2.75) is 67.3 Å². The minimum absolute atomic E-state index is 0. The molecule has 1 rings (SSSR count). The van der Waals surface area contributed by atoms with Gasteiger partial charge in [0.05, 0.1) is 12.7 Å². The quantitative estimate of drug-likeness (QED) is 0.361. The average Bonchev–Trinajstić information content (AvgIpc) is 2.42. The first-order chi connectivity index (χ1) is 10.6. The smallest absolute Gasteiger partial charge is 0.155 e. The summed E-state index contributed by atoms with van der Waals surface area (Å²) in [6.45, 7) is 16.4. The maximum Gasteiger partial charge on any atom is 0.155 e. The van der Waals surface area contributed by atoms with Crippen molar-refractivity contribution in [2.75, 3.05) is 13.2 Å². The molecule has 3 nitrogen and oxygen atoms in total. The van der Waals surface area contributed by atoms with Crippen LogP contribution in [0.15, 0.2) is 30.3 Å². The van der Waals surface area contributed by atoms with E-state index in [1.807, 2.05) is 37.3 Å². The van der Waals surface area contributed by atoms with Gasteiger partial charge in [0, 0.05) is 29.6 Å². The fourth-order valence-electron chi connectivity index (χ4n) is 2.91. The molecule has 0 amide bonds. The third-order valence-corrected chi connectivity index (χ3v) is 3.93. The van der Waals surface area contributed by atoms with Crippen LogP contribution in [0.4, 0.5) is 0 Å². The van der Waals surface area contributed by atoms with Crippen LogP contribution in [-0.4, -0.2) is 55.2 Å². The molecule has 2 atom stereocenters. The summed E-state index contributed by atoms with van der Waals surface area (Å²) >= 11 is 0. The normalized spacial score (nSPS) is 14.6. The van der Waals surface area contributed by atoms with E-state index in [-0.39, 0.29) is 52.8 Å². The Morgan fingerprint density at radius 3 is 2.04 bits per heavy atom. The summed E-state index contributed by atoms with van der Waals surface area (Å²) in [4.78, 5) is 0. The molecular formula is C20H34NaO3. The van der Waals surface area contributed by atoms with Crippen molar-refractivity contribution in [2.24, 2.45) is 10.8 Å². The monoisotopic (exact) mass is 345 g/mol. The van der Waals surface area contributed by atoms with Gasteiger partial charge in [-0.05, 0) is 43.2 Å². The molecule has 4 heteroatoms. The molecule has 0 saturated heterocycles. The largest absolute Gasteiger partial charge is 0.491 e. The second-order valence-corrected chi connectivity index (χ2v) is 8.10. The van der Waals surface area contributed by atoms with E-state index in [2.05, 4.69) is 41.5 Å². The molecule has 1 radical (unpaired) electrons. The van der Waals surface area contributed by atoms with Crippen LogP contribution < -0.4 is 4.74 Å². The van der Waals surface area contributed by atoms with Crippen molar-refractivity contribution in [3.63, 3.8) is 0 Å². The van der Waals surface area contributed by atoms with E-state index >= 15 is 0 Å². The molecule has 0 N–H and O–H groups in total. The Balaban J connectivity index is 0.00000529. The van der Waals surface area contributed by atoms with Gasteiger partial charge in [0.15, 0.2) is 6.29 Å². The standard InChI is InChI=1S/C20H34O3.Na/c1-16(20(6,7)15-19(3,4)5)23-17(2)21-13-14-22-18-11-9-8-10-12-18;/h8-12,16-17H,13-15H2,1-7H3;. The molecule has 0 spiro atoms. The van der Waals surface area contributed by atoms with Crippen LogP contribution >= 0.6 is 0 Å². The predicted molar refractivity (Wildman–Crippen MR) is 102 cm³/mol. The van der Waals surface area contributed by atoms with Crippen molar-refractivity contribution in [3.8, 4) is 5.75 Å². The van der Waals surface area contributed by atoms with Crippen molar-refractivity contribution in [1.29, 1.82) is 0 Å². The maximum atomic E-state index is 6.04. The Morgan fingerprint density at radius 2 is 1.50 bits per heavy atom. The first-order valence-electron chi connectivity index (χ1n) is 8.55. The molecule has 0 aliphatic carbocycles.